The number of aliphatic hydroxyl groups is 1. The number of hydrogen-bond donors (Lipinski definition) is 2. The van der Waals surface area contributed by atoms with Gasteiger partial charge in [0.15, 0.2) is 0 Å². The summed E-state index contributed by atoms with van der Waals surface area (Å²) in [4.78, 5) is 14.2. The molecule has 1 aromatic carbocycles. The SMILES string of the molecule is CC(C(=O)N1CCC(CO)C1)c1cccc(N)c1. The Morgan fingerprint density at radius 3 is 3.00 bits per heavy atom. The predicted octanol–water partition coefficient (Wildman–Crippen LogP) is 1.21. The molecule has 3 N–H and O–H groups in total. The highest BCUT2D eigenvalue weighted by molar-refractivity contribution is 5.83. The highest BCUT2D eigenvalue weighted by atomic mass is 16.3. The van der Waals surface area contributed by atoms with Crippen molar-refractivity contribution in [3.05, 3.63) is 29.8 Å². The molecule has 4 heteroatoms. The summed E-state index contributed by atoms with van der Waals surface area (Å²) in [6.07, 6.45) is 0.895. The number of nitrogen functional groups attached to an aromatic ring is 1. The van der Waals surface area contributed by atoms with Crippen LogP contribution in [0.3, 0.4) is 0 Å². The van der Waals surface area contributed by atoms with Crippen molar-refractivity contribution in [3.63, 3.8) is 0 Å². The van der Waals surface area contributed by atoms with Gasteiger partial charge in [0.1, 0.15) is 0 Å². The Balaban J connectivity index is 2.05. The van der Waals surface area contributed by atoms with Gasteiger partial charge in [0.25, 0.3) is 0 Å². The van der Waals surface area contributed by atoms with Gasteiger partial charge in [-0.25, -0.2) is 0 Å². The summed E-state index contributed by atoms with van der Waals surface area (Å²) < 4.78 is 0. The number of aliphatic hydroxyl groups excluding tert-OH is 1. The third-order valence-corrected chi connectivity index (χ3v) is 3.64. The second-order valence-corrected chi connectivity index (χ2v) is 5.01. The van der Waals surface area contributed by atoms with Gasteiger partial charge in [-0.1, -0.05) is 12.1 Å². The maximum atomic E-state index is 12.3. The van der Waals surface area contributed by atoms with E-state index in [1.165, 1.54) is 0 Å². The Labute approximate surface area is 107 Å². The smallest absolute Gasteiger partial charge is 0.229 e. The van der Waals surface area contributed by atoms with E-state index < -0.39 is 0 Å². The van der Waals surface area contributed by atoms with Gasteiger partial charge in [-0.3, -0.25) is 4.79 Å². The molecule has 98 valence electrons. The summed E-state index contributed by atoms with van der Waals surface area (Å²) in [6.45, 7) is 3.48. The van der Waals surface area contributed by atoms with Crippen LogP contribution in [0.4, 0.5) is 5.69 Å². The van der Waals surface area contributed by atoms with Crippen LogP contribution in [0, 0.1) is 5.92 Å². The van der Waals surface area contributed by atoms with Gasteiger partial charge < -0.3 is 15.7 Å². The van der Waals surface area contributed by atoms with Crippen molar-refractivity contribution in [2.45, 2.75) is 19.3 Å². The second-order valence-electron chi connectivity index (χ2n) is 5.01. The lowest BCUT2D eigenvalue weighted by Gasteiger charge is -2.21. The molecule has 1 aromatic rings. The molecule has 0 radical (unpaired) electrons. The first-order valence-corrected chi connectivity index (χ1v) is 6.37. The lowest BCUT2D eigenvalue weighted by atomic mass is 9.99. The van der Waals surface area contributed by atoms with Crippen molar-refractivity contribution in [2.75, 3.05) is 25.4 Å². The molecular weight excluding hydrogens is 228 g/mol. The summed E-state index contributed by atoms with van der Waals surface area (Å²) in [5.74, 6) is 0.185. The van der Waals surface area contributed by atoms with E-state index in [1.54, 1.807) is 0 Å². The molecule has 1 heterocycles. The van der Waals surface area contributed by atoms with E-state index in [1.807, 2.05) is 36.1 Å². The second kappa shape index (κ2) is 5.40. The number of carbonyl (C=O) groups excluding carboxylic acids is 1. The minimum absolute atomic E-state index is 0.122. The number of anilines is 1. The van der Waals surface area contributed by atoms with E-state index >= 15 is 0 Å². The lowest BCUT2D eigenvalue weighted by molar-refractivity contribution is -0.131. The monoisotopic (exact) mass is 248 g/mol. The van der Waals surface area contributed by atoms with Crippen LogP contribution in [0.15, 0.2) is 24.3 Å². The van der Waals surface area contributed by atoms with Crippen LogP contribution in [-0.2, 0) is 4.79 Å². The molecule has 1 aliphatic rings. The molecule has 1 aliphatic heterocycles. The molecule has 2 rings (SSSR count). The molecule has 2 unspecified atom stereocenters. The topological polar surface area (TPSA) is 66.6 Å². The van der Waals surface area contributed by atoms with Crippen molar-refractivity contribution in [3.8, 4) is 0 Å². The molecule has 1 amide bonds. The van der Waals surface area contributed by atoms with Crippen LogP contribution in [0.2, 0.25) is 0 Å². The number of likely N-dealkylation sites (tertiary alicyclic amines) is 1. The van der Waals surface area contributed by atoms with Crippen molar-refractivity contribution >= 4 is 11.6 Å². The zero-order chi connectivity index (χ0) is 13.1. The average Bonchev–Trinajstić information content (AvgIpc) is 2.85. The maximum Gasteiger partial charge on any atom is 0.229 e. The fourth-order valence-corrected chi connectivity index (χ4v) is 2.43. The van der Waals surface area contributed by atoms with Crippen LogP contribution >= 0.6 is 0 Å². The van der Waals surface area contributed by atoms with Crippen molar-refractivity contribution < 1.29 is 9.90 Å². The number of nitrogens with two attached hydrogens (primary N) is 1. The number of benzene rings is 1. The average molecular weight is 248 g/mol. The number of rotatable bonds is 3. The third kappa shape index (κ3) is 2.64. The van der Waals surface area contributed by atoms with Crippen molar-refractivity contribution in [2.24, 2.45) is 5.92 Å². The van der Waals surface area contributed by atoms with Crippen LogP contribution in [-0.4, -0.2) is 35.6 Å². The minimum atomic E-state index is -0.175. The fraction of sp³-hybridized carbons (Fsp3) is 0.500. The van der Waals surface area contributed by atoms with E-state index in [0.29, 0.717) is 12.2 Å². The van der Waals surface area contributed by atoms with Crippen LogP contribution in [0.25, 0.3) is 0 Å². The molecule has 0 aromatic heterocycles. The molecule has 0 aliphatic carbocycles. The van der Waals surface area contributed by atoms with Gasteiger partial charge in [0, 0.05) is 31.3 Å². The molecule has 1 fully saturated rings. The quantitative estimate of drug-likeness (QED) is 0.790. The summed E-state index contributed by atoms with van der Waals surface area (Å²) in [5.41, 5.74) is 7.37. The Morgan fingerprint density at radius 1 is 1.61 bits per heavy atom. The zero-order valence-electron chi connectivity index (χ0n) is 10.7. The summed E-state index contributed by atoms with van der Waals surface area (Å²) in [5, 5.41) is 9.10. The molecular formula is C14H20N2O2. The number of carbonyl (C=O) groups is 1. The molecule has 1 saturated heterocycles. The number of amides is 1. The van der Waals surface area contributed by atoms with Gasteiger partial charge in [-0.15, -0.1) is 0 Å². The number of nitrogens with zero attached hydrogens (tertiary/aromatic N) is 1. The molecule has 0 spiro atoms. The molecule has 18 heavy (non-hydrogen) atoms. The van der Waals surface area contributed by atoms with Crippen molar-refractivity contribution in [1.29, 1.82) is 0 Å². The molecule has 4 nitrogen and oxygen atoms in total. The van der Waals surface area contributed by atoms with Gasteiger partial charge in [-0.05, 0) is 31.0 Å². The van der Waals surface area contributed by atoms with Gasteiger partial charge in [-0.2, -0.15) is 0 Å². The molecule has 2 atom stereocenters. The highest BCUT2D eigenvalue weighted by Gasteiger charge is 2.29. The van der Waals surface area contributed by atoms with Gasteiger partial charge >= 0.3 is 0 Å². The minimum Gasteiger partial charge on any atom is -0.399 e. The maximum absolute atomic E-state index is 12.3. The largest absolute Gasteiger partial charge is 0.399 e. The summed E-state index contributed by atoms with van der Waals surface area (Å²) >= 11 is 0. The Hall–Kier alpha value is -1.55. The lowest BCUT2D eigenvalue weighted by Crippen LogP contribution is -2.32. The first kappa shape index (κ1) is 12.9. The van der Waals surface area contributed by atoms with Gasteiger partial charge in [0.05, 0.1) is 5.92 Å². The third-order valence-electron chi connectivity index (χ3n) is 3.64. The molecule has 0 saturated carbocycles. The highest BCUT2D eigenvalue weighted by Crippen LogP contribution is 2.24. The van der Waals surface area contributed by atoms with E-state index in [0.717, 1.165) is 18.5 Å². The van der Waals surface area contributed by atoms with E-state index in [2.05, 4.69) is 0 Å². The van der Waals surface area contributed by atoms with Gasteiger partial charge in [0.2, 0.25) is 5.91 Å². The summed E-state index contributed by atoms with van der Waals surface area (Å²) in [7, 11) is 0. The first-order valence-electron chi connectivity index (χ1n) is 6.37. The Bertz CT molecular complexity index is 434. The molecule has 0 bridgehead atoms. The van der Waals surface area contributed by atoms with E-state index in [4.69, 9.17) is 10.8 Å². The standard InChI is InChI=1S/C14H20N2O2/c1-10(12-3-2-4-13(15)7-12)14(18)16-6-5-11(8-16)9-17/h2-4,7,10-11,17H,5-6,8-9,15H2,1H3. The normalized spacial score (nSPS) is 21.0. The van der Waals surface area contributed by atoms with E-state index in [-0.39, 0.29) is 24.3 Å². The van der Waals surface area contributed by atoms with Crippen LogP contribution < -0.4 is 5.73 Å². The number of hydrogen-bond acceptors (Lipinski definition) is 3. The first-order chi connectivity index (χ1) is 8.61. The Morgan fingerprint density at radius 2 is 2.39 bits per heavy atom. The van der Waals surface area contributed by atoms with Crippen LogP contribution in [0.5, 0.6) is 0 Å². The zero-order valence-corrected chi connectivity index (χ0v) is 10.7. The fourth-order valence-electron chi connectivity index (χ4n) is 2.43. The Kier molecular flexibility index (Phi) is 3.87. The predicted molar refractivity (Wildman–Crippen MR) is 71.0 cm³/mol. The van der Waals surface area contributed by atoms with E-state index in [9.17, 15) is 4.79 Å². The van der Waals surface area contributed by atoms with Crippen molar-refractivity contribution in [1.82, 2.24) is 4.90 Å². The van der Waals surface area contributed by atoms with Crippen LogP contribution in [0.1, 0.15) is 24.8 Å². The summed E-state index contributed by atoms with van der Waals surface area (Å²) in [6, 6.07) is 7.47.